The first-order chi connectivity index (χ1) is 7.63. The molecule has 0 amide bonds. The molecule has 2 nitrogen and oxygen atoms in total. The van der Waals surface area contributed by atoms with Gasteiger partial charge in [-0.3, -0.25) is 4.79 Å². The molecule has 16 heavy (non-hydrogen) atoms. The van der Waals surface area contributed by atoms with Crippen LogP contribution in [0.1, 0.15) is 32.8 Å². The van der Waals surface area contributed by atoms with Gasteiger partial charge in [0.25, 0.3) is 0 Å². The van der Waals surface area contributed by atoms with Crippen LogP contribution < -0.4 is 4.74 Å². The molecule has 0 aliphatic heterocycles. The van der Waals surface area contributed by atoms with Crippen LogP contribution in [0.2, 0.25) is 0 Å². The SMILES string of the molecule is CC=Cc1ccccc1OC(C)CC(C)=O. The molecule has 0 N–H and O–H groups in total. The molecule has 1 atom stereocenters. The molecule has 0 aromatic heterocycles. The van der Waals surface area contributed by atoms with Gasteiger partial charge in [-0.1, -0.05) is 30.4 Å². The number of carbonyl (C=O) groups excluding carboxylic acids is 1. The minimum absolute atomic E-state index is 0.0797. The summed E-state index contributed by atoms with van der Waals surface area (Å²) in [6, 6.07) is 7.82. The van der Waals surface area contributed by atoms with Gasteiger partial charge < -0.3 is 4.74 Å². The lowest BCUT2D eigenvalue weighted by Gasteiger charge is -2.15. The molecule has 1 unspecified atom stereocenters. The Kier molecular flexibility index (Phi) is 4.77. The zero-order valence-corrected chi connectivity index (χ0v) is 10.1. The van der Waals surface area contributed by atoms with E-state index in [-0.39, 0.29) is 11.9 Å². The van der Waals surface area contributed by atoms with Gasteiger partial charge in [0.1, 0.15) is 17.6 Å². The fraction of sp³-hybridized carbons (Fsp3) is 0.357. The second-order valence-electron chi connectivity index (χ2n) is 3.87. The quantitative estimate of drug-likeness (QED) is 0.756. The standard InChI is InChI=1S/C14H18O2/c1-4-7-13-8-5-6-9-14(13)16-12(3)10-11(2)15/h4-9,12H,10H2,1-3H3. The van der Waals surface area contributed by atoms with Crippen molar-refractivity contribution in [2.45, 2.75) is 33.3 Å². The maximum Gasteiger partial charge on any atom is 0.133 e. The van der Waals surface area contributed by atoms with Crippen LogP contribution in [0.3, 0.4) is 0 Å². The summed E-state index contributed by atoms with van der Waals surface area (Å²) in [5.74, 6) is 0.977. The molecule has 0 saturated heterocycles. The summed E-state index contributed by atoms with van der Waals surface area (Å²) < 4.78 is 5.74. The van der Waals surface area contributed by atoms with Gasteiger partial charge in [0.05, 0.1) is 0 Å². The molecule has 1 aromatic carbocycles. The monoisotopic (exact) mass is 218 g/mol. The van der Waals surface area contributed by atoms with Crippen LogP contribution in [0.25, 0.3) is 6.08 Å². The van der Waals surface area contributed by atoms with E-state index < -0.39 is 0 Å². The van der Waals surface area contributed by atoms with Crippen molar-refractivity contribution in [1.29, 1.82) is 0 Å². The second kappa shape index (κ2) is 6.11. The molecule has 2 heteroatoms. The highest BCUT2D eigenvalue weighted by Gasteiger charge is 2.08. The fourth-order valence-corrected chi connectivity index (χ4v) is 1.57. The number of rotatable bonds is 5. The van der Waals surface area contributed by atoms with E-state index in [1.54, 1.807) is 6.92 Å². The molecule has 0 saturated carbocycles. The van der Waals surface area contributed by atoms with Crippen LogP contribution in [0.15, 0.2) is 30.3 Å². The van der Waals surface area contributed by atoms with E-state index in [1.165, 1.54) is 0 Å². The number of allylic oxidation sites excluding steroid dienone is 1. The van der Waals surface area contributed by atoms with Gasteiger partial charge in [0.2, 0.25) is 0 Å². The third-order valence-corrected chi connectivity index (χ3v) is 2.17. The zero-order chi connectivity index (χ0) is 12.0. The topological polar surface area (TPSA) is 26.3 Å². The van der Waals surface area contributed by atoms with Crippen LogP contribution in [0, 0.1) is 0 Å². The lowest BCUT2D eigenvalue weighted by Crippen LogP contribution is -2.15. The number of hydrogen-bond donors (Lipinski definition) is 0. The largest absolute Gasteiger partial charge is 0.490 e. The molecule has 0 aliphatic rings. The van der Waals surface area contributed by atoms with Crippen molar-refractivity contribution in [3.8, 4) is 5.75 Å². The van der Waals surface area contributed by atoms with E-state index in [0.29, 0.717) is 6.42 Å². The molecule has 0 aliphatic carbocycles. The summed E-state index contributed by atoms with van der Waals surface area (Å²) in [5.41, 5.74) is 1.04. The summed E-state index contributed by atoms with van der Waals surface area (Å²) in [6.45, 7) is 5.46. The highest BCUT2D eigenvalue weighted by atomic mass is 16.5. The molecule has 0 spiro atoms. The molecular formula is C14H18O2. The molecule has 86 valence electrons. The summed E-state index contributed by atoms with van der Waals surface area (Å²) in [6.07, 6.45) is 4.33. The minimum Gasteiger partial charge on any atom is -0.490 e. The van der Waals surface area contributed by atoms with Crippen LogP contribution in [-0.2, 0) is 4.79 Å². The van der Waals surface area contributed by atoms with Gasteiger partial charge in [-0.05, 0) is 26.8 Å². The lowest BCUT2D eigenvalue weighted by molar-refractivity contribution is -0.118. The number of ketones is 1. The van der Waals surface area contributed by atoms with E-state index in [9.17, 15) is 4.79 Å². The van der Waals surface area contributed by atoms with Gasteiger partial charge in [-0.2, -0.15) is 0 Å². The normalized spacial score (nSPS) is 12.7. The van der Waals surface area contributed by atoms with Crippen LogP contribution in [0.5, 0.6) is 5.75 Å². The van der Waals surface area contributed by atoms with Crippen LogP contribution >= 0.6 is 0 Å². The van der Waals surface area contributed by atoms with Gasteiger partial charge >= 0.3 is 0 Å². The van der Waals surface area contributed by atoms with Crippen LogP contribution in [-0.4, -0.2) is 11.9 Å². The number of para-hydroxylation sites is 1. The Morgan fingerprint density at radius 1 is 1.44 bits per heavy atom. The summed E-state index contributed by atoms with van der Waals surface area (Å²) in [7, 11) is 0. The predicted molar refractivity (Wildman–Crippen MR) is 66.5 cm³/mol. The summed E-state index contributed by atoms with van der Waals surface area (Å²) in [5, 5.41) is 0. The maximum atomic E-state index is 11.0. The van der Waals surface area contributed by atoms with E-state index in [4.69, 9.17) is 4.74 Å². The maximum absolute atomic E-state index is 11.0. The number of benzene rings is 1. The van der Waals surface area contributed by atoms with Gasteiger partial charge in [0, 0.05) is 12.0 Å². The highest BCUT2D eigenvalue weighted by molar-refractivity contribution is 5.76. The third kappa shape index (κ3) is 3.89. The van der Waals surface area contributed by atoms with Gasteiger partial charge in [-0.25, -0.2) is 0 Å². The van der Waals surface area contributed by atoms with E-state index in [0.717, 1.165) is 11.3 Å². The predicted octanol–water partition coefficient (Wildman–Crippen LogP) is 3.47. The van der Waals surface area contributed by atoms with Crippen molar-refractivity contribution >= 4 is 11.9 Å². The summed E-state index contributed by atoms with van der Waals surface area (Å²) >= 11 is 0. The van der Waals surface area contributed by atoms with Crippen molar-refractivity contribution in [3.05, 3.63) is 35.9 Å². The number of Topliss-reactive ketones (excluding diaryl/α,β-unsaturated/α-hetero) is 1. The second-order valence-corrected chi connectivity index (χ2v) is 3.87. The minimum atomic E-state index is -0.0797. The first-order valence-electron chi connectivity index (χ1n) is 5.51. The molecule has 0 bridgehead atoms. The third-order valence-electron chi connectivity index (χ3n) is 2.17. The van der Waals surface area contributed by atoms with Gasteiger partial charge in [0.15, 0.2) is 0 Å². The highest BCUT2D eigenvalue weighted by Crippen LogP contribution is 2.21. The molecule has 1 rings (SSSR count). The Morgan fingerprint density at radius 2 is 2.12 bits per heavy atom. The summed E-state index contributed by atoms with van der Waals surface area (Å²) in [4.78, 5) is 11.0. The molecule has 0 fully saturated rings. The number of carbonyl (C=O) groups is 1. The van der Waals surface area contributed by atoms with Gasteiger partial charge in [-0.15, -0.1) is 0 Å². The van der Waals surface area contributed by atoms with E-state index in [1.807, 2.05) is 50.3 Å². The van der Waals surface area contributed by atoms with Crippen molar-refractivity contribution in [3.63, 3.8) is 0 Å². The lowest BCUT2D eigenvalue weighted by atomic mass is 10.1. The molecular weight excluding hydrogens is 200 g/mol. The fourth-order valence-electron chi connectivity index (χ4n) is 1.57. The van der Waals surface area contributed by atoms with Crippen molar-refractivity contribution < 1.29 is 9.53 Å². The molecule has 0 radical (unpaired) electrons. The Bertz CT molecular complexity index is 380. The average Bonchev–Trinajstić information content (AvgIpc) is 2.20. The Morgan fingerprint density at radius 3 is 2.75 bits per heavy atom. The molecule has 1 aromatic rings. The van der Waals surface area contributed by atoms with Crippen molar-refractivity contribution in [2.24, 2.45) is 0 Å². The number of ether oxygens (including phenoxy) is 1. The van der Waals surface area contributed by atoms with E-state index >= 15 is 0 Å². The Hall–Kier alpha value is -1.57. The Labute approximate surface area is 96.9 Å². The van der Waals surface area contributed by atoms with Crippen LogP contribution in [0.4, 0.5) is 0 Å². The van der Waals surface area contributed by atoms with Crippen molar-refractivity contribution in [2.75, 3.05) is 0 Å². The Balaban J connectivity index is 2.76. The first-order valence-corrected chi connectivity index (χ1v) is 5.51. The van der Waals surface area contributed by atoms with E-state index in [2.05, 4.69) is 0 Å². The first kappa shape index (κ1) is 12.5. The molecule has 0 heterocycles. The number of hydrogen-bond acceptors (Lipinski definition) is 2. The smallest absolute Gasteiger partial charge is 0.133 e. The zero-order valence-electron chi connectivity index (χ0n) is 10.1. The average molecular weight is 218 g/mol. The van der Waals surface area contributed by atoms with Crippen molar-refractivity contribution in [1.82, 2.24) is 0 Å².